The van der Waals surface area contributed by atoms with Gasteiger partial charge in [-0.05, 0) is 42.0 Å². The van der Waals surface area contributed by atoms with E-state index in [1.54, 1.807) is 0 Å². The molecule has 0 bridgehead atoms. The van der Waals surface area contributed by atoms with Crippen molar-refractivity contribution in [1.29, 1.82) is 0 Å². The van der Waals surface area contributed by atoms with Crippen LogP contribution in [-0.2, 0) is 24.2 Å². The van der Waals surface area contributed by atoms with Crippen molar-refractivity contribution in [3.63, 3.8) is 0 Å². The number of fused-ring (bicyclic) bond motifs is 1. The zero-order valence-corrected chi connectivity index (χ0v) is 21.1. The number of aromatic nitrogens is 3. The van der Waals surface area contributed by atoms with Crippen LogP contribution >= 0.6 is 0 Å². The lowest BCUT2D eigenvalue weighted by Gasteiger charge is -2.15. The van der Waals surface area contributed by atoms with Crippen LogP contribution in [0.3, 0.4) is 0 Å². The Morgan fingerprint density at radius 1 is 1.03 bits per heavy atom. The van der Waals surface area contributed by atoms with Crippen LogP contribution in [0.5, 0.6) is 5.75 Å². The van der Waals surface area contributed by atoms with Gasteiger partial charge < -0.3 is 9.26 Å². The fourth-order valence-electron chi connectivity index (χ4n) is 4.06. The lowest BCUT2D eigenvalue weighted by atomic mass is 9.97. The van der Waals surface area contributed by atoms with Crippen LogP contribution in [0, 0.1) is 5.82 Å². The van der Waals surface area contributed by atoms with Gasteiger partial charge in [0.1, 0.15) is 23.5 Å². The van der Waals surface area contributed by atoms with E-state index in [4.69, 9.17) is 9.26 Å². The summed E-state index contributed by atoms with van der Waals surface area (Å²) < 4.78 is 81.7. The fraction of sp³-hybridized carbons (Fsp3) is 0.115. The van der Waals surface area contributed by atoms with Crippen LogP contribution in [0.1, 0.15) is 5.56 Å². The van der Waals surface area contributed by atoms with Gasteiger partial charge >= 0.3 is 6.18 Å². The van der Waals surface area contributed by atoms with Gasteiger partial charge in [0.05, 0.1) is 23.0 Å². The number of nitrogens with zero attached hydrogens (tertiary/aromatic N) is 3. The van der Waals surface area contributed by atoms with Crippen molar-refractivity contribution in [2.24, 2.45) is 7.05 Å². The minimum absolute atomic E-state index is 0.0113. The molecule has 2 heterocycles. The molecule has 1 unspecified atom stereocenters. The number of alkyl halides is 3. The summed E-state index contributed by atoms with van der Waals surface area (Å²) in [6.45, 7) is 0. The Bertz CT molecular complexity index is 1790. The number of benzene rings is 3. The Morgan fingerprint density at radius 3 is 2.51 bits per heavy atom. The van der Waals surface area contributed by atoms with E-state index in [0.717, 1.165) is 22.9 Å². The van der Waals surface area contributed by atoms with Crippen molar-refractivity contribution in [2.75, 3.05) is 11.8 Å². The van der Waals surface area contributed by atoms with E-state index < -0.39 is 34.1 Å². The van der Waals surface area contributed by atoms with Gasteiger partial charge in [-0.1, -0.05) is 23.4 Å². The Kier molecular flexibility index (Phi) is 6.68. The summed E-state index contributed by atoms with van der Waals surface area (Å²) in [6, 6.07) is 12.6. The van der Waals surface area contributed by atoms with Crippen LogP contribution in [-0.4, -0.2) is 26.3 Å². The van der Waals surface area contributed by atoms with Gasteiger partial charge in [-0.3, -0.25) is 9.52 Å². The lowest BCUT2D eigenvalue weighted by Crippen LogP contribution is -2.21. The molecule has 8 nitrogen and oxygen atoms in total. The smallest absolute Gasteiger partial charge is 0.416 e. The first-order valence-electron chi connectivity index (χ1n) is 11.2. The van der Waals surface area contributed by atoms with E-state index in [1.807, 2.05) is 0 Å². The van der Waals surface area contributed by atoms with Gasteiger partial charge in [-0.2, -0.15) is 18.3 Å². The van der Waals surface area contributed by atoms with E-state index in [0.29, 0.717) is 5.39 Å². The highest BCUT2D eigenvalue weighted by atomic mass is 32.2. The first-order valence-corrected chi connectivity index (χ1v) is 12.4. The van der Waals surface area contributed by atoms with Crippen molar-refractivity contribution in [3.8, 4) is 28.1 Å². The Balaban J connectivity index is 1.63. The Morgan fingerprint density at radius 2 is 1.82 bits per heavy atom. The standard InChI is InChI=1S/C26H18F4N4O4S/c1-34-25(35)19-11-16(39(36)33-23-8-9-38-32-23)6-7-17(19)24(31-34)20-12-21(27)18(13-22(20)37-2)14-4-3-5-15(10-14)26(28,29)30/h3-13H,1-2H3,(H,32,33). The second-order valence-corrected chi connectivity index (χ2v) is 9.56. The molecule has 0 radical (unpaired) electrons. The quantitative estimate of drug-likeness (QED) is 0.274. The molecule has 200 valence electrons. The van der Waals surface area contributed by atoms with Crippen LogP contribution in [0.4, 0.5) is 23.4 Å². The average Bonchev–Trinajstić information content (AvgIpc) is 3.43. The van der Waals surface area contributed by atoms with Gasteiger partial charge in [0, 0.05) is 29.6 Å². The largest absolute Gasteiger partial charge is 0.496 e. The molecule has 0 aliphatic rings. The molecule has 0 saturated carbocycles. The zero-order valence-electron chi connectivity index (χ0n) is 20.2. The van der Waals surface area contributed by atoms with E-state index in [1.165, 1.54) is 62.9 Å². The zero-order chi connectivity index (χ0) is 27.9. The van der Waals surface area contributed by atoms with Crippen LogP contribution in [0.2, 0.25) is 0 Å². The van der Waals surface area contributed by atoms with Crippen LogP contribution < -0.4 is 15.0 Å². The number of hydrogen-bond acceptors (Lipinski definition) is 6. The summed E-state index contributed by atoms with van der Waals surface area (Å²) in [6.07, 6.45) is -3.29. The number of anilines is 1. The molecular weight excluding hydrogens is 540 g/mol. The molecule has 13 heteroatoms. The van der Waals surface area contributed by atoms with Crippen molar-refractivity contribution in [1.82, 2.24) is 14.9 Å². The highest BCUT2D eigenvalue weighted by Gasteiger charge is 2.31. The molecule has 0 aliphatic carbocycles. The molecule has 0 aliphatic heterocycles. The highest BCUT2D eigenvalue weighted by molar-refractivity contribution is 7.86. The topological polar surface area (TPSA) is 99.2 Å². The summed E-state index contributed by atoms with van der Waals surface area (Å²) >= 11 is 0. The maximum absolute atomic E-state index is 15.4. The van der Waals surface area contributed by atoms with Gasteiger partial charge in [0.15, 0.2) is 16.8 Å². The molecule has 5 rings (SSSR count). The highest BCUT2D eigenvalue weighted by Crippen LogP contribution is 2.39. The molecule has 0 fully saturated rings. The van der Waals surface area contributed by atoms with Crippen molar-refractivity contribution >= 4 is 27.6 Å². The van der Waals surface area contributed by atoms with Crippen molar-refractivity contribution < 1.29 is 31.0 Å². The molecule has 0 saturated heterocycles. The summed E-state index contributed by atoms with van der Waals surface area (Å²) in [7, 11) is 0.949. The van der Waals surface area contributed by atoms with Gasteiger partial charge in [0.2, 0.25) is 0 Å². The number of hydrogen-bond donors (Lipinski definition) is 1. The third-order valence-corrected chi connectivity index (χ3v) is 6.99. The average molecular weight is 559 g/mol. The molecule has 5 aromatic rings. The maximum atomic E-state index is 15.4. The summed E-state index contributed by atoms with van der Waals surface area (Å²) in [5, 5.41) is 8.42. The third-order valence-electron chi connectivity index (χ3n) is 5.91. The second-order valence-electron chi connectivity index (χ2n) is 8.35. The number of nitrogens with one attached hydrogen (secondary N) is 1. The first-order chi connectivity index (χ1) is 18.6. The Hall–Kier alpha value is -4.52. The molecule has 39 heavy (non-hydrogen) atoms. The fourth-order valence-corrected chi connectivity index (χ4v) is 4.88. The predicted molar refractivity (Wildman–Crippen MR) is 136 cm³/mol. The second kappa shape index (κ2) is 9.98. The van der Waals surface area contributed by atoms with E-state index >= 15 is 4.39 Å². The molecule has 3 aromatic carbocycles. The van der Waals surface area contributed by atoms with E-state index in [2.05, 4.69) is 15.0 Å². The van der Waals surface area contributed by atoms with E-state index in [9.17, 15) is 22.2 Å². The third kappa shape index (κ3) is 5.00. The number of ether oxygens (including phenoxy) is 1. The molecule has 2 aromatic heterocycles. The number of halogens is 4. The summed E-state index contributed by atoms with van der Waals surface area (Å²) in [4.78, 5) is 13.2. The van der Waals surface area contributed by atoms with E-state index in [-0.39, 0.29) is 44.2 Å². The minimum atomic E-state index is -4.60. The van der Waals surface area contributed by atoms with Gasteiger partial charge in [0.25, 0.3) is 5.56 Å². The summed E-state index contributed by atoms with van der Waals surface area (Å²) in [5.74, 6) is -0.460. The molecule has 1 atom stereocenters. The molecular formula is C26H18F4N4O4S. The maximum Gasteiger partial charge on any atom is 0.416 e. The molecule has 0 amide bonds. The first kappa shape index (κ1) is 26.1. The van der Waals surface area contributed by atoms with Gasteiger partial charge in [-0.25, -0.2) is 13.3 Å². The molecule has 1 N–H and O–H groups in total. The van der Waals surface area contributed by atoms with Crippen molar-refractivity contribution in [2.45, 2.75) is 11.1 Å². The normalized spacial score (nSPS) is 12.5. The minimum Gasteiger partial charge on any atom is -0.496 e. The monoisotopic (exact) mass is 558 g/mol. The SMILES string of the molecule is COc1cc(-c2cccc(C(F)(F)F)c2)c(F)cc1-c1nn(C)c(=O)c2cc(S(=O)Nc3ccon3)ccc12. The lowest BCUT2D eigenvalue weighted by molar-refractivity contribution is -0.137. The van der Waals surface area contributed by atoms with Crippen molar-refractivity contribution in [3.05, 3.63) is 88.7 Å². The van der Waals surface area contributed by atoms with Crippen LogP contribution in [0.15, 0.2) is 81.1 Å². The van der Waals surface area contributed by atoms with Crippen LogP contribution in [0.25, 0.3) is 33.2 Å². The summed E-state index contributed by atoms with van der Waals surface area (Å²) in [5.41, 5.74) is -1.15. The van der Waals surface area contributed by atoms with Gasteiger partial charge in [-0.15, -0.1) is 0 Å². The number of aryl methyl sites for hydroxylation is 1. The Labute approximate surface area is 220 Å². The number of rotatable bonds is 6. The molecule has 0 spiro atoms. The number of methoxy groups -OCH3 is 1. The predicted octanol–water partition coefficient (Wildman–Crippen LogP) is 5.56.